The summed E-state index contributed by atoms with van der Waals surface area (Å²) in [5, 5.41) is 11.2. The van der Waals surface area contributed by atoms with E-state index < -0.39 is 5.60 Å². The average Bonchev–Trinajstić information content (AvgIpc) is 2.54. The summed E-state index contributed by atoms with van der Waals surface area (Å²) in [6.45, 7) is 14.7. The van der Waals surface area contributed by atoms with E-state index in [1.165, 1.54) is 0 Å². The predicted molar refractivity (Wildman–Crippen MR) is 95.4 cm³/mol. The van der Waals surface area contributed by atoms with Gasteiger partial charge >= 0.3 is 0 Å². The van der Waals surface area contributed by atoms with E-state index in [4.69, 9.17) is 0 Å². The molecule has 0 saturated carbocycles. The van der Waals surface area contributed by atoms with E-state index in [-0.39, 0.29) is 5.41 Å². The third-order valence-electron chi connectivity index (χ3n) is 4.57. The van der Waals surface area contributed by atoms with Crippen molar-refractivity contribution in [1.82, 2.24) is 0 Å². The van der Waals surface area contributed by atoms with E-state index in [1.54, 1.807) is 0 Å². The van der Waals surface area contributed by atoms with Crippen LogP contribution in [0.25, 0.3) is 6.08 Å². The van der Waals surface area contributed by atoms with E-state index in [2.05, 4.69) is 52.8 Å². The van der Waals surface area contributed by atoms with Gasteiger partial charge in [-0.05, 0) is 35.8 Å². The van der Waals surface area contributed by atoms with Crippen LogP contribution in [0.5, 0.6) is 0 Å². The molecule has 0 heterocycles. The van der Waals surface area contributed by atoms with Gasteiger partial charge in [0.05, 0.1) is 5.60 Å². The smallest absolute Gasteiger partial charge is 0.0907 e. The Morgan fingerprint density at radius 2 is 1.52 bits per heavy atom. The molecule has 0 aliphatic rings. The van der Waals surface area contributed by atoms with Crippen molar-refractivity contribution in [3.8, 4) is 0 Å². The van der Waals surface area contributed by atoms with Crippen LogP contribution < -0.4 is 0 Å². The molecule has 21 heavy (non-hydrogen) atoms. The zero-order chi connectivity index (χ0) is 16.5. The molecular formula is C20H34O. The first-order chi connectivity index (χ1) is 9.91. The van der Waals surface area contributed by atoms with Gasteiger partial charge in [-0.15, -0.1) is 0 Å². The lowest BCUT2D eigenvalue weighted by Gasteiger charge is -2.44. The molecule has 1 nitrogen and oxygen atoms in total. The van der Waals surface area contributed by atoms with Gasteiger partial charge in [-0.2, -0.15) is 0 Å². The second-order valence-electron chi connectivity index (χ2n) is 5.89. The van der Waals surface area contributed by atoms with Crippen molar-refractivity contribution in [2.24, 2.45) is 5.41 Å². The lowest BCUT2D eigenvalue weighted by atomic mass is 9.66. The average molecular weight is 290 g/mol. The van der Waals surface area contributed by atoms with Crippen LogP contribution in [0.15, 0.2) is 35.9 Å². The molecule has 1 rings (SSSR count). The Balaban J connectivity index is 0.00000191. The minimum atomic E-state index is -0.730. The topological polar surface area (TPSA) is 20.2 Å². The molecule has 1 N–H and O–H groups in total. The molecule has 0 spiro atoms. The minimum Gasteiger partial charge on any atom is -0.385 e. The Morgan fingerprint density at radius 3 is 1.90 bits per heavy atom. The van der Waals surface area contributed by atoms with Crippen molar-refractivity contribution in [1.29, 1.82) is 0 Å². The Bertz CT molecular complexity index is 417. The first-order valence-electron chi connectivity index (χ1n) is 8.39. The van der Waals surface area contributed by atoms with Crippen molar-refractivity contribution < 1.29 is 5.11 Å². The summed E-state index contributed by atoms with van der Waals surface area (Å²) in [4.78, 5) is 0. The van der Waals surface area contributed by atoms with Crippen LogP contribution in [-0.2, 0) is 0 Å². The number of benzene rings is 1. The molecule has 0 radical (unpaired) electrons. The van der Waals surface area contributed by atoms with Gasteiger partial charge in [-0.1, -0.05) is 84.9 Å². The maximum atomic E-state index is 11.2. The zero-order valence-electron chi connectivity index (χ0n) is 15.0. The van der Waals surface area contributed by atoms with Crippen molar-refractivity contribution in [2.75, 3.05) is 0 Å². The predicted octanol–water partition coefficient (Wildman–Crippen LogP) is 6.08. The lowest BCUT2D eigenvalue weighted by Crippen LogP contribution is -2.45. The van der Waals surface area contributed by atoms with E-state index in [0.717, 1.165) is 30.4 Å². The number of hydrogen-bond donors (Lipinski definition) is 1. The molecule has 0 aliphatic heterocycles. The molecule has 1 aromatic carbocycles. The Morgan fingerprint density at radius 1 is 1.00 bits per heavy atom. The number of rotatable bonds is 6. The summed E-state index contributed by atoms with van der Waals surface area (Å²) >= 11 is 0. The molecule has 1 aromatic rings. The van der Waals surface area contributed by atoms with Gasteiger partial charge in [0.2, 0.25) is 0 Å². The maximum Gasteiger partial charge on any atom is 0.0907 e. The molecule has 1 unspecified atom stereocenters. The van der Waals surface area contributed by atoms with E-state index in [9.17, 15) is 5.11 Å². The van der Waals surface area contributed by atoms with Crippen LogP contribution in [0, 0.1) is 5.41 Å². The van der Waals surface area contributed by atoms with Crippen LogP contribution in [-0.4, -0.2) is 10.7 Å². The van der Waals surface area contributed by atoms with E-state index in [1.807, 2.05) is 32.0 Å². The van der Waals surface area contributed by atoms with E-state index >= 15 is 0 Å². The van der Waals surface area contributed by atoms with Gasteiger partial charge in [-0.25, -0.2) is 0 Å². The normalized spacial score (nSPS) is 15.0. The standard InChI is InChI=1S/C18H28O.C2H6/c1-6-16(14-15-12-10-9-11-13-15)18(19,8-3)17(4,5)7-2;1-2/h9-14,19H,6-8H2,1-5H3;1-2H3/b16-14+;. The highest BCUT2D eigenvalue weighted by molar-refractivity contribution is 5.55. The van der Waals surface area contributed by atoms with E-state index in [0.29, 0.717) is 0 Å². The summed E-state index contributed by atoms with van der Waals surface area (Å²) in [5.41, 5.74) is 1.45. The molecule has 0 amide bonds. The monoisotopic (exact) mass is 290 g/mol. The fraction of sp³-hybridized carbons (Fsp3) is 0.600. The van der Waals surface area contributed by atoms with Crippen LogP contribution >= 0.6 is 0 Å². The van der Waals surface area contributed by atoms with Gasteiger partial charge in [0.15, 0.2) is 0 Å². The van der Waals surface area contributed by atoms with Crippen molar-refractivity contribution in [2.45, 2.75) is 73.3 Å². The largest absolute Gasteiger partial charge is 0.385 e. The first-order valence-corrected chi connectivity index (χ1v) is 8.39. The summed E-state index contributed by atoms with van der Waals surface area (Å²) in [6, 6.07) is 10.3. The highest BCUT2D eigenvalue weighted by atomic mass is 16.3. The van der Waals surface area contributed by atoms with Gasteiger partial charge in [0, 0.05) is 0 Å². The molecular weight excluding hydrogens is 256 g/mol. The third-order valence-corrected chi connectivity index (χ3v) is 4.57. The Kier molecular flexibility index (Phi) is 8.58. The molecule has 0 saturated heterocycles. The van der Waals surface area contributed by atoms with Gasteiger partial charge in [0.1, 0.15) is 0 Å². The van der Waals surface area contributed by atoms with Crippen LogP contribution in [0.4, 0.5) is 0 Å². The van der Waals surface area contributed by atoms with Crippen molar-refractivity contribution >= 4 is 6.08 Å². The molecule has 1 atom stereocenters. The second-order valence-corrected chi connectivity index (χ2v) is 5.89. The highest BCUT2D eigenvalue weighted by Crippen LogP contribution is 2.43. The molecule has 0 aromatic heterocycles. The summed E-state index contributed by atoms with van der Waals surface area (Å²) < 4.78 is 0. The lowest BCUT2D eigenvalue weighted by molar-refractivity contribution is -0.0410. The van der Waals surface area contributed by atoms with Gasteiger partial charge in [-0.3, -0.25) is 0 Å². The Hall–Kier alpha value is -1.08. The second kappa shape index (κ2) is 9.04. The van der Waals surface area contributed by atoms with Crippen molar-refractivity contribution in [3.05, 3.63) is 41.5 Å². The fourth-order valence-electron chi connectivity index (χ4n) is 2.70. The first kappa shape index (κ1) is 19.9. The molecule has 0 aliphatic carbocycles. The maximum absolute atomic E-state index is 11.2. The third kappa shape index (κ3) is 4.71. The summed E-state index contributed by atoms with van der Waals surface area (Å²) in [5.74, 6) is 0. The minimum absolute atomic E-state index is 0.113. The fourth-order valence-corrected chi connectivity index (χ4v) is 2.70. The van der Waals surface area contributed by atoms with Crippen LogP contribution in [0.1, 0.15) is 73.3 Å². The van der Waals surface area contributed by atoms with Crippen LogP contribution in [0.2, 0.25) is 0 Å². The Labute approximate surface area is 132 Å². The molecule has 0 bridgehead atoms. The molecule has 0 fully saturated rings. The van der Waals surface area contributed by atoms with Gasteiger partial charge in [0.25, 0.3) is 0 Å². The summed E-state index contributed by atoms with van der Waals surface area (Å²) in [6.07, 6.45) is 4.74. The SMILES string of the molecule is CC.CC/C(=C\c1ccccc1)C(O)(CC)C(C)(C)CC. The number of aliphatic hydroxyl groups is 1. The van der Waals surface area contributed by atoms with Crippen LogP contribution in [0.3, 0.4) is 0 Å². The molecule has 1 heteroatoms. The highest BCUT2D eigenvalue weighted by Gasteiger charge is 2.42. The number of hydrogen-bond acceptors (Lipinski definition) is 1. The quantitative estimate of drug-likeness (QED) is 0.672. The van der Waals surface area contributed by atoms with Crippen molar-refractivity contribution in [3.63, 3.8) is 0 Å². The summed E-state index contributed by atoms with van der Waals surface area (Å²) in [7, 11) is 0. The van der Waals surface area contributed by atoms with Gasteiger partial charge < -0.3 is 5.11 Å². The molecule has 120 valence electrons. The zero-order valence-corrected chi connectivity index (χ0v) is 15.0.